The fourth-order valence-electron chi connectivity index (χ4n) is 2.20. The van der Waals surface area contributed by atoms with Gasteiger partial charge in [-0.25, -0.2) is 8.42 Å². The van der Waals surface area contributed by atoms with Crippen LogP contribution in [0.25, 0.3) is 0 Å². The molecule has 0 aliphatic carbocycles. The van der Waals surface area contributed by atoms with Crippen molar-refractivity contribution in [3.63, 3.8) is 0 Å². The summed E-state index contributed by atoms with van der Waals surface area (Å²) in [4.78, 5) is 2.24. The zero-order valence-corrected chi connectivity index (χ0v) is 11.7. The van der Waals surface area contributed by atoms with E-state index >= 15 is 0 Å². The van der Waals surface area contributed by atoms with Crippen LogP contribution in [0.3, 0.4) is 0 Å². The summed E-state index contributed by atoms with van der Waals surface area (Å²) in [6.07, 6.45) is 2.08. The Morgan fingerprint density at radius 2 is 1.61 bits per heavy atom. The van der Waals surface area contributed by atoms with E-state index < -0.39 is 9.84 Å². The van der Waals surface area contributed by atoms with Crippen molar-refractivity contribution in [3.8, 4) is 0 Å². The van der Waals surface area contributed by atoms with Crippen LogP contribution in [0.4, 0.5) is 0 Å². The SMILES string of the molecule is CCc1ccc(CCN2CCS(=O)(=O)CC2)cc1. The Bertz CT molecular complexity index is 465. The summed E-state index contributed by atoms with van der Waals surface area (Å²) >= 11 is 0. The smallest absolute Gasteiger partial charge is 0.152 e. The maximum absolute atomic E-state index is 11.3. The van der Waals surface area contributed by atoms with E-state index in [1.54, 1.807) is 0 Å². The second kappa shape index (κ2) is 5.85. The molecule has 0 saturated carbocycles. The standard InChI is InChI=1S/C14H21NO2S/c1-2-13-3-5-14(6-4-13)7-8-15-9-11-18(16,17)12-10-15/h3-6H,2,7-12H2,1H3. The van der Waals surface area contributed by atoms with Crippen LogP contribution in [0, 0.1) is 0 Å². The highest BCUT2D eigenvalue weighted by molar-refractivity contribution is 7.91. The van der Waals surface area contributed by atoms with Crippen molar-refractivity contribution in [3.05, 3.63) is 35.4 Å². The molecule has 0 unspecified atom stereocenters. The number of hydrogen-bond acceptors (Lipinski definition) is 3. The minimum Gasteiger partial charge on any atom is -0.301 e. The van der Waals surface area contributed by atoms with Gasteiger partial charge in [0.2, 0.25) is 0 Å². The van der Waals surface area contributed by atoms with Crippen LogP contribution in [0.2, 0.25) is 0 Å². The zero-order valence-electron chi connectivity index (χ0n) is 10.9. The summed E-state index contributed by atoms with van der Waals surface area (Å²) in [5, 5.41) is 0. The molecule has 18 heavy (non-hydrogen) atoms. The Morgan fingerprint density at radius 3 is 2.17 bits per heavy atom. The van der Waals surface area contributed by atoms with E-state index in [0.717, 1.165) is 19.4 Å². The summed E-state index contributed by atoms with van der Waals surface area (Å²) in [6.45, 7) is 4.49. The van der Waals surface area contributed by atoms with Gasteiger partial charge in [0, 0.05) is 19.6 Å². The molecule has 0 radical (unpaired) electrons. The van der Waals surface area contributed by atoms with Crippen molar-refractivity contribution < 1.29 is 8.42 Å². The van der Waals surface area contributed by atoms with Crippen LogP contribution in [-0.4, -0.2) is 44.5 Å². The fourth-order valence-corrected chi connectivity index (χ4v) is 3.48. The molecule has 0 amide bonds. The number of nitrogens with zero attached hydrogens (tertiary/aromatic N) is 1. The van der Waals surface area contributed by atoms with Gasteiger partial charge in [-0.1, -0.05) is 31.2 Å². The third-order valence-electron chi connectivity index (χ3n) is 3.58. The van der Waals surface area contributed by atoms with E-state index in [9.17, 15) is 8.42 Å². The lowest BCUT2D eigenvalue weighted by Gasteiger charge is -2.26. The van der Waals surface area contributed by atoms with Crippen molar-refractivity contribution in [1.29, 1.82) is 0 Å². The highest BCUT2D eigenvalue weighted by atomic mass is 32.2. The molecule has 1 aromatic carbocycles. The van der Waals surface area contributed by atoms with Gasteiger partial charge < -0.3 is 4.90 Å². The van der Waals surface area contributed by atoms with Gasteiger partial charge in [-0.05, 0) is 24.0 Å². The third kappa shape index (κ3) is 3.82. The van der Waals surface area contributed by atoms with E-state index in [1.807, 2.05) is 0 Å². The third-order valence-corrected chi connectivity index (χ3v) is 5.19. The molecule has 1 saturated heterocycles. The minimum absolute atomic E-state index is 0.321. The number of hydrogen-bond donors (Lipinski definition) is 0. The lowest BCUT2D eigenvalue weighted by atomic mass is 10.1. The Balaban J connectivity index is 1.81. The lowest BCUT2D eigenvalue weighted by Crippen LogP contribution is -2.41. The predicted molar refractivity (Wildman–Crippen MR) is 74.6 cm³/mol. The number of benzene rings is 1. The van der Waals surface area contributed by atoms with Gasteiger partial charge in [0.05, 0.1) is 11.5 Å². The zero-order chi connectivity index (χ0) is 13.0. The molecule has 0 bridgehead atoms. The van der Waals surface area contributed by atoms with E-state index in [4.69, 9.17) is 0 Å². The summed E-state index contributed by atoms with van der Waals surface area (Å²) in [5.74, 6) is 0.642. The Hall–Kier alpha value is -0.870. The largest absolute Gasteiger partial charge is 0.301 e. The molecule has 1 aliphatic heterocycles. The molecule has 4 heteroatoms. The Labute approximate surface area is 110 Å². The van der Waals surface area contributed by atoms with E-state index in [2.05, 4.69) is 36.1 Å². The van der Waals surface area contributed by atoms with Gasteiger partial charge in [-0.3, -0.25) is 0 Å². The summed E-state index contributed by atoms with van der Waals surface area (Å²) < 4.78 is 22.6. The molecule has 0 spiro atoms. The summed E-state index contributed by atoms with van der Waals surface area (Å²) in [7, 11) is -2.75. The fraction of sp³-hybridized carbons (Fsp3) is 0.571. The first-order valence-electron chi connectivity index (χ1n) is 6.59. The van der Waals surface area contributed by atoms with E-state index in [1.165, 1.54) is 11.1 Å². The molecule has 0 N–H and O–H groups in total. The van der Waals surface area contributed by atoms with Gasteiger partial charge in [0.15, 0.2) is 9.84 Å². The molecule has 1 fully saturated rings. The molecule has 1 heterocycles. The predicted octanol–water partition coefficient (Wildman–Crippen LogP) is 1.52. The molecule has 0 aromatic heterocycles. The normalized spacial score (nSPS) is 19.8. The average molecular weight is 267 g/mol. The highest BCUT2D eigenvalue weighted by Crippen LogP contribution is 2.08. The molecule has 1 aliphatic rings. The van der Waals surface area contributed by atoms with Crippen molar-refractivity contribution in [2.45, 2.75) is 19.8 Å². The van der Waals surface area contributed by atoms with Crippen molar-refractivity contribution in [2.75, 3.05) is 31.1 Å². The van der Waals surface area contributed by atoms with E-state index in [-0.39, 0.29) is 0 Å². The van der Waals surface area contributed by atoms with Gasteiger partial charge >= 0.3 is 0 Å². The van der Waals surface area contributed by atoms with Crippen LogP contribution in [0.15, 0.2) is 24.3 Å². The molecular formula is C14H21NO2S. The lowest BCUT2D eigenvalue weighted by molar-refractivity contribution is 0.299. The molecular weight excluding hydrogens is 246 g/mol. The molecule has 2 rings (SSSR count). The average Bonchev–Trinajstić information content (AvgIpc) is 2.38. The van der Waals surface area contributed by atoms with Crippen molar-refractivity contribution in [1.82, 2.24) is 4.90 Å². The first kappa shape index (κ1) is 13.6. The highest BCUT2D eigenvalue weighted by Gasteiger charge is 2.20. The number of rotatable bonds is 4. The van der Waals surface area contributed by atoms with Crippen LogP contribution in [0.5, 0.6) is 0 Å². The summed E-state index contributed by atoms with van der Waals surface area (Å²) in [5.41, 5.74) is 2.70. The first-order valence-corrected chi connectivity index (χ1v) is 8.42. The second-order valence-electron chi connectivity index (χ2n) is 4.91. The van der Waals surface area contributed by atoms with Crippen LogP contribution >= 0.6 is 0 Å². The molecule has 100 valence electrons. The first-order chi connectivity index (χ1) is 8.59. The molecule has 3 nitrogen and oxygen atoms in total. The number of aryl methyl sites for hydroxylation is 1. The van der Waals surface area contributed by atoms with E-state index in [0.29, 0.717) is 24.6 Å². The van der Waals surface area contributed by atoms with Gasteiger partial charge in [0.25, 0.3) is 0 Å². The van der Waals surface area contributed by atoms with Crippen molar-refractivity contribution in [2.24, 2.45) is 0 Å². The Kier molecular flexibility index (Phi) is 4.40. The van der Waals surface area contributed by atoms with Gasteiger partial charge in [-0.15, -0.1) is 0 Å². The van der Waals surface area contributed by atoms with Crippen LogP contribution < -0.4 is 0 Å². The number of sulfone groups is 1. The van der Waals surface area contributed by atoms with Gasteiger partial charge in [-0.2, -0.15) is 0 Å². The molecule has 0 atom stereocenters. The van der Waals surface area contributed by atoms with Crippen molar-refractivity contribution >= 4 is 9.84 Å². The molecule has 1 aromatic rings. The minimum atomic E-state index is -2.75. The monoisotopic (exact) mass is 267 g/mol. The van der Waals surface area contributed by atoms with Gasteiger partial charge in [0.1, 0.15) is 0 Å². The van der Waals surface area contributed by atoms with Crippen LogP contribution in [0.1, 0.15) is 18.1 Å². The maximum atomic E-state index is 11.3. The second-order valence-corrected chi connectivity index (χ2v) is 7.22. The topological polar surface area (TPSA) is 37.4 Å². The Morgan fingerprint density at radius 1 is 1.06 bits per heavy atom. The summed E-state index contributed by atoms with van der Waals surface area (Å²) in [6, 6.07) is 8.71. The maximum Gasteiger partial charge on any atom is 0.152 e. The van der Waals surface area contributed by atoms with Crippen LogP contribution in [-0.2, 0) is 22.7 Å². The quantitative estimate of drug-likeness (QED) is 0.830.